The standard InChI is InChI=1S/C18H28N4O3S/c1-13(23)21-7-9-22(10-8-21)18-20-15-5-4-14(12-16(15)26-18)17(24)19-6-3-11-25-2/h14H,3-12H2,1-2H3,(H,19,24). The minimum atomic E-state index is 0.0490. The number of nitrogens with zero attached hydrogens (tertiary/aromatic N) is 3. The lowest BCUT2D eigenvalue weighted by Gasteiger charge is -2.33. The van der Waals surface area contributed by atoms with E-state index in [0.29, 0.717) is 13.2 Å². The molecular weight excluding hydrogens is 352 g/mol. The van der Waals surface area contributed by atoms with Crippen LogP contribution in [0.4, 0.5) is 5.13 Å². The quantitative estimate of drug-likeness (QED) is 0.747. The first kappa shape index (κ1) is 19.1. The maximum absolute atomic E-state index is 12.4. The highest BCUT2D eigenvalue weighted by molar-refractivity contribution is 7.15. The molecule has 1 aromatic rings. The SMILES string of the molecule is COCCCNC(=O)C1CCc2nc(N3CCN(C(C)=O)CC3)sc2C1. The Morgan fingerprint density at radius 2 is 2.08 bits per heavy atom. The number of hydrogen-bond acceptors (Lipinski definition) is 6. The molecule has 26 heavy (non-hydrogen) atoms. The van der Waals surface area contributed by atoms with E-state index in [-0.39, 0.29) is 17.7 Å². The number of amides is 2. The summed E-state index contributed by atoms with van der Waals surface area (Å²) in [5.74, 6) is 0.340. The Bertz CT molecular complexity index is 640. The number of methoxy groups -OCH3 is 1. The van der Waals surface area contributed by atoms with Crippen molar-refractivity contribution in [3.63, 3.8) is 0 Å². The van der Waals surface area contributed by atoms with Gasteiger partial charge in [-0.05, 0) is 25.7 Å². The number of aromatic nitrogens is 1. The zero-order chi connectivity index (χ0) is 18.5. The molecule has 8 heteroatoms. The predicted octanol–water partition coefficient (Wildman–Crippen LogP) is 1.07. The van der Waals surface area contributed by atoms with Gasteiger partial charge in [0, 0.05) is 64.2 Å². The number of anilines is 1. The number of carbonyl (C=O) groups is 2. The molecule has 144 valence electrons. The number of ether oxygens (including phenoxy) is 1. The highest BCUT2D eigenvalue weighted by atomic mass is 32.1. The Balaban J connectivity index is 1.54. The zero-order valence-electron chi connectivity index (χ0n) is 15.6. The minimum absolute atomic E-state index is 0.0490. The average molecular weight is 381 g/mol. The second-order valence-corrected chi connectivity index (χ2v) is 8.00. The van der Waals surface area contributed by atoms with E-state index in [9.17, 15) is 9.59 Å². The zero-order valence-corrected chi connectivity index (χ0v) is 16.4. The topological polar surface area (TPSA) is 74.8 Å². The summed E-state index contributed by atoms with van der Waals surface area (Å²) in [5, 5.41) is 4.06. The van der Waals surface area contributed by atoms with E-state index in [0.717, 1.165) is 62.7 Å². The van der Waals surface area contributed by atoms with E-state index >= 15 is 0 Å². The van der Waals surface area contributed by atoms with Crippen LogP contribution in [0, 0.1) is 5.92 Å². The second-order valence-electron chi connectivity index (χ2n) is 6.94. The van der Waals surface area contributed by atoms with Gasteiger partial charge in [0.2, 0.25) is 11.8 Å². The Labute approximate surface area is 158 Å². The van der Waals surface area contributed by atoms with E-state index < -0.39 is 0 Å². The lowest BCUT2D eigenvalue weighted by atomic mass is 9.90. The molecule has 2 aliphatic rings. The highest BCUT2D eigenvalue weighted by Crippen LogP contribution is 2.34. The number of aryl methyl sites for hydroxylation is 1. The molecule has 1 unspecified atom stereocenters. The first-order valence-corrected chi connectivity index (χ1v) is 10.2. The predicted molar refractivity (Wildman–Crippen MR) is 102 cm³/mol. The molecule has 1 aliphatic carbocycles. The first-order chi connectivity index (χ1) is 12.6. The van der Waals surface area contributed by atoms with Crippen molar-refractivity contribution >= 4 is 28.3 Å². The van der Waals surface area contributed by atoms with Gasteiger partial charge in [-0.2, -0.15) is 0 Å². The lowest BCUT2D eigenvalue weighted by Crippen LogP contribution is -2.48. The van der Waals surface area contributed by atoms with E-state index in [1.807, 2.05) is 4.90 Å². The highest BCUT2D eigenvalue weighted by Gasteiger charge is 2.29. The molecular formula is C18H28N4O3S. The minimum Gasteiger partial charge on any atom is -0.385 e. The van der Waals surface area contributed by atoms with Crippen LogP contribution in [-0.4, -0.2) is 68.1 Å². The van der Waals surface area contributed by atoms with Crippen LogP contribution in [0.2, 0.25) is 0 Å². The molecule has 0 bridgehead atoms. The number of fused-ring (bicyclic) bond motifs is 1. The fourth-order valence-electron chi connectivity index (χ4n) is 3.51. The van der Waals surface area contributed by atoms with Crippen LogP contribution in [-0.2, 0) is 27.2 Å². The molecule has 1 saturated heterocycles. The molecule has 7 nitrogen and oxygen atoms in total. The van der Waals surface area contributed by atoms with Crippen molar-refractivity contribution in [3.05, 3.63) is 10.6 Å². The van der Waals surface area contributed by atoms with E-state index in [2.05, 4.69) is 10.2 Å². The fourth-order valence-corrected chi connectivity index (χ4v) is 4.74. The average Bonchev–Trinajstić information content (AvgIpc) is 3.08. The molecule has 1 fully saturated rings. The van der Waals surface area contributed by atoms with Crippen molar-refractivity contribution < 1.29 is 14.3 Å². The van der Waals surface area contributed by atoms with Gasteiger partial charge in [0.15, 0.2) is 5.13 Å². The first-order valence-electron chi connectivity index (χ1n) is 9.34. The van der Waals surface area contributed by atoms with Crippen molar-refractivity contribution in [3.8, 4) is 0 Å². The number of piperazine rings is 1. The normalized spacial score (nSPS) is 20.0. The molecule has 1 aliphatic heterocycles. The van der Waals surface area contributed by atoms with Crippen LogP contribution in [0.1, 0.15) is 30.3 Å². The van der Waals surface area contributed by atoms with Crippen LogP contribution in [0.25, 0.3) is 0 Å². The Kier molecular flexibility index (Phi) is 6.48. The summed E-state index contributed by atoms with van der Waals surface area (Å²) in [7, 11) is 1.67. The summed E-state index contributed by atoms with van der Waals surface area (Å²) in [6, 6.07) is 0. The van der Waals surface area contributed by atoms with E-state index in [4.69, 9.17) is 9.72 Å². The summed E-state index contributed by atoms with van der Waals surface area (Å²) < 4.78 is 5.01. The lowest BCUT2D eigenvalue weighted by molar-refractivity contribution is -0.129. The van der Waals surface area contributed by atoms with Crippen molar-refractivity contribution in [2.24, 2.45) is 5.92 Å². The van der Waals surface area contributed by atoms with Crippen LogP contribution in [0.15, 0.2) is 0 Å². The molecule has 2 heterocycles. The third kappa shape index (κ3) is 4.54. The number of hydrogen-bond donors (Lipinski definition) is 1. The molecule has 1 N–H and O–H groups in total. The summed E-state index contributed by atoms with van der Waals surface area (Å²) in [5.41, 5.74) is 1.16. The van der Waals surface area contributed by atoms with Gasteiger partial charge in [-0.25, -0.2) is 4.98 Å². The Hall–Kier alpha value is -1.67. The monoisotopic (exact) mass is 380 g/mol. The van der Waals surface area contributed by atoms with Crippen LogP contribution >= 0.6 is 11.3 Å². The van der Waals surface area contributed by atoms with Gasteiger partial charge >= 0.3 is 0 Å². The summed E-state index contributed by atoms with van der Waals surface area (Å²) in [6.07, 6.45) is 3.37. The number of nitrogens with one attached hydrogen (secondary N) is 1. The summed E-state index contributed by atoms with van der Waals surface area (Å²) in [6.45, 7) is 6.13. The van der Waals surface area contributed by atoms with Crippen molar-refractivity contribution in [2.45, 2.75) is 32.6 Å². The molecule has 1 aromatic heterocycles. The van der Waals surface area contributed by atoms with Crippen molar-refractivity contribution in [1.82, 2.24) is 15.2 Å². The molecule has 3 rings (SSSR count). The molecule has 0 saturated carbocycles. The van der Waals surface area contributed by atoms with Gasteiger partial charge < -0.3 is 19.9 Å². The smallest absolute Gasteiger partial charge is 0.223 e. The number of carbonyl (C=O) groups excluding carboxylic acids is 2. The Morgan fingerprint density at radius 3 is 2.77 bits per heavy atom. The third-order valence-corrected chi connectivity index (χ3v) is 6.30. The Morgan fingerprint density at radius 1 is 1.31 bits per heavy atom. The molecule has 0 aromatic carbocycles. The molecule has 0 spiro atoms. The fraction of sp³-hybridized carbons (Fsp3) is 0.722. The maximum atomic E-state index is 12.4. The van der Waals surface area contributed by atoms with Crippen LogP contribution in [0.5, 0.6) is 0 Å². The van der Waals surface area contributed by atoms with E-state index in [1.165, 1.54) is 4.88 Å². The number of thiazole rings is 1. The largest absolute Gasteiger partial charge is 0.385 e. The van der Waals surface area contributed by atoms with Gasteiger partial charge in [-0.15, -0.1) is 11.3 Å². The van der Waals surface area contributed by atoms with Gasteiger partial charge in [0.1, 0.15) is 0 Å². The summed E-state index contributed by atoms with van der Waals surface area (Å²) in [4.78, 5) is 34.0. The second kappa shape index (κ2) is 8.81. The van der Waals surface area contributed by atoms with E-state index in [1.54, 1.807) is 25.4 Å². The van der Waals surface area contributed by atoms with Gasteiger partial charge in [0.05, 0.1) is 5.69 Å². The van der Waals surface area contributed by atoms with Gasteiger partial charge in [-0.1, -0.05) is 0 Å². The van der Waals surface area contributed by atoms with Crippen molar-refractivity contribution in [2.75, 3.05) is 51.3 Å². The molecule has 2 amide bonds. The maximum Gasteiger partial charge on any atom is 0.223 e. The van der Waals surface area contributed by atoms with Gasteiger partial charge in [0.25, 0.3) is 0 Å². The molecule has 1 atom stereocenters. The molecule has 0 radical (unpaired) electrons. The third-order valence-electron chi connectivity index (χ3n) is 5.12. The summed E-state index contributed by atoms with van der Waals surface area (Å²) >= 11 is 1.72. The number of rotatable bonds is 6. The van der Waals surface area contributed by atoms with Crippen molar-refractivity contribution in [1.29, 1.82) is 0 Å². The van der Waals surface area contributed by atoms with Crippen LogP contribution < -0.4 is 10.2 Å². The van der Waals surface area contributed by atoms with Gasteiger partial charge in [-0.3, -0.25) is 9.59 Å². The van der Waals surface area contributed by atoms with Crippen LogP contribution in [0.3, 0.4) is 0 Å².